The first kappa shape index (κ1) is 22.0. The Bertz CT molecular complexity index is 1760. The fourth-order valence-corrected chi connectivity index (χ4v) is 5.75. The molecule has 0 aliphatic heterocycles. The van der Waals surface area contributed by atoms with Crippen LogP contribution in [0.2, 0.25) is 0 Å². The van der Waals surface area contributed by atoms with Gasteiger partial charge in [-0.3, -0.25) is 0 Å². The van der Waals surface area contributed by atoms with Crippen molar-refractivity contribution in [3.8, 4) is 11.3 Å². The summed E-state index contributed by atoms with van der Waals surface area (Å²) in [5, 5.41) is 12.3. The minimum Gasteiger partial charge on any atom is -0.452 e. The SMILES string of the molecule is FC(F)(F)c1ccc(-c2ccc3c4c(ccc3c2)C2=C(CCC=C2)C(c2cc3ccccc3nn2)C4)o1. The van der Waals surface area contributed by atoms with E-state index >= 15 is 0 Å². The lowest BCUT2D eigenvalue weighted by molar-refractivity contribution is -0.152. The van der Waals surface area contributed by atoms with E-state index in [9.17, 15) is 13.2 Å². The predicted molar refractivity (Wildman–Crippen MR) is 138 cm³/mol. The third-order valence-corrected chi connectivity index (χ3v) is 7.50. The van der Waals surface area contributed by atoms with Crippen molar-refractivity contribution in [2.24, 2.45) is 0 Å². The number of allylic oxidation sites excluding steroid dienone is 4. The first-order valence-corrected chi connectivity index (χ1v) is 12.3. The molecule has 0 saturated heterocycles. The van der Waals surface area contributed by atoms with E-state index in [1.165, 1.54) is 28.3 Å². The van der Waals surface area contributed by atoms with Gasteiger partial charge in [-0.15, -0.1) is 0 Å². The van der Waals surface area contributed by atoms with Crippen molar-refractivity contribution in [2.75, 3.05) is 0 Å². The maximum absolute atomic E-state index is 13.0. The number of nitrogens with zero attached hydrogens (tertiary/aromatic N) is 2. The molecule has 0 fully saturated rings. The van der Waals surface area contributed by atoms with Crippen LogP contribution in [0.5, 0.6) is 0 Å². The molecule has 37 heavy (non-hydrogen) atoms. The van der Waals surface area contributed by atoms with E-state index in [1.807, 2.05) is 36.4 Å². The summed E-state index contributed by atoms with van der Waals surface area (Å²) in [6, 6.07) is 22.5. The summed E-state index contributed by atoms with van der Waals surface area (Å²) in [7, 11) is 0. The van der Waals surface area contributed by atoms with Crippen molar-refractivity contribution in [3.63, 3.8) is 0 Å². The molecule has 0 radical (unpaired) electrons. The Kier molecular flexibility index (Phi) is 4.86. The second-order valence-electron chi connectivity index (χ2n) is 9.65. The van der Waals surface area contributed by atoms with E-state index in [-0.39, 0.29) is 11.7 Å². The zero-order valence-electron chi connectivity index (χ0n) is 19.7. The summed E-state index contributed by atoms with van der Waals surface area (Å²) >= 11 is 0. The Balaban J connectivity index is 1.35. The van der Waals surface area contributed by atoms with Gasteiger partial charge in [0.25, 0.3) is 0 Å². The molecule has 2 aromatic heterocycles. The smallest absolute Gasteiger partial charge is 0.449 e. The number of benzene rings is 3. The van der Waals surface area contributed by atoms with Gasteiger partial charge in [-0.2, -0.15) is 23.4 Å². The van der Waals surface area contributed by atoms with Crippen LogP contribution in [0.4, 0.5) is 13.2 Å². The highest BCUT2D eigenvalue weighted by Gasteiger charge is 2.35. The molecule has 5 aromatic rings. The van der Waals surface area contributed by atoms with Crippen LogP contribution in [-0.4, -0.2) is 10.2 Å². The van der Waals surface area contributed by atoms with Gasteiger partial charge in [0.2, 0.25) is 5.76 Å². The normalized spacial score (nSPS) is 17.3. The zero-order chi connectivity index (χ0) is 25.1. The van der Waals surface area contributed by atoms with Gasteiger partial charge in [0.05, 0.1) is 11.2 Å². The number of fused-ring (bicyclic) bond motifs is 5. The monoisotopic (exact) mass is 494 g/mol. The highest BCUT2D eigenvalue weighted by molar-refractivity contribution is 5.96. The number of furan rings is 1. The third-order valence-electron chi connectivity index (χ3n) is 7.50. The summed E-state index contributed by atoms with van der Waals surface area (Å²) < 4.78 is 44.3. The average Bonchev–Trinajstić information content (AvgIpc) is 3.43. The molecule has 0 amide bonds. The third kappa shape index (κ3) is 3.67. The van der Waals surface area contributed by atoms with Gasteiger partial charge in [0.1, 0.15) is 5.76 Å². The number of alkyl halides is 3. The first-order valence-electron chi connectivity index (χ1n) is 12.3. The van der Waals surface area contributed by atoms with Crippen LogP contribution in [0, 0.1) is 0 Å². The van der Waals surface area contributed by atoms with Crippen LogP contribution in [0.3, 0.4) is 0 Å². The van der Waals surface area contributed by atoms with Crippen molar-refractivity contribution in [1.29, 1.82) is 0 Å². The molecule has 0 spiro atoms. The number of hydrogen-bond acceptors (Lipinski definition) is 3. The van der Waals surface area contributed by atoms with Gasteiger partial charge in [0.15, 0.2) is 0 Å². The summed E-state index contributed by atoms with van der Waals surface area (Å²) in [5.74, 6) is -0.665. The maximum Gasteiger partial charge on any atom is 0.449 e. The Morgan fingerprint density at radius 2 is 1.76 bits per heavy atom. The van der Waals surface area contributed by atoms with Crippen LogP contribution < -0.4 is 0 Å². The van der Waals surface area contributed by atoms with E-state index in [0.29, 0.717) is 5.56 Å². The Morgan fingerprint density at radius 1 is 0.865 bits per heavy atom. The first-order chi connectivity index (χ1) is 18.0. The molecule has 2 aliphatic carbocycles. The fraction of sp³-hybridized carbons (Fsp3) is 0.161. The molecule has 3 nitrogen and oxygen atoms in total. The van der Waals surface area contributed by atoms with Gasteiger partial charge in [0, 0.05) is 16.9 Å². The number of rotatable bonds is 2. The fourth-order valence-electron chi connectivity index (χ4n) is 5.75. The molecule has 0 saturated carbocycles. The second kappa shape index (κ2) is 8.17. The quantitative estimate of drug-likeness (QED) is 0.247. The molecule has 3 aromatic carbocycles. The van der Waals surface area contributed by atoms with Gasteiger partial charge in [-0.1, -0.05) is 60.2 Å². The molecule has 0 bridgehead atoms. The molecule has 7 rings (SSSR count). The zero-order valence-corrected chi connectivity index (χ0v) is 19.7. The molecule has 6 heteroatoms. The minimum atomic E-state index is -4.51. The van der Waals surface area contributed by atoms with Crippen LogP contribution in [0.1, 0.15) is 41.3 Å². The predicted octanol–water partition coefficient (Wildman–Crippen LogP) is 8.51. The lowest BCUT2D eigenvalue weighted by Crippen LogP contribution is -2.18. The molecular formula is C31H21F3N2O. The van der Waals surface area contributed by atoms with Gasteiger partial charge >= 0.3 is 6.18 Å². The summed E-state index contributed by atoms with van der Waals surface area (Å²) in [5.41, 5.74) is 7.55. The van der Waals surface area contributed by atoms with E-state index in [0.717, 1.165) is 52.7 Å². The summed E-state index contributed by atoms with van der Waals surface area (Å²) in [6.07, 6.45) is 2.73. The summed E-state index contributed by atoms with van der Waals surface area (Å²) in [6.45, 7) is 0. The largest absolute Gasteiger partial charge is 0.452 e. The molecule has 2 aliphatic rings. The number of halogens is 3. The topological polar surface area (TPSA) is 38.9 Å². The molecule has 0 N–H and O–H groups in total. The molecule has 1 atom stereocenters. The van der Waals surface area contributed by atoms with Crippen LogP contribution >= 0.6 is 0 Å². The Labute approximate surface area is 211 Å². The molecule has 1 unspecified atom stereocenters. The van der Waals surface area contributed by atoms with Crippen molar-refractivity contribution in [2.45, 2.75) is 31.4 Å². The van der Waals surface area contributed by atoms with E-state index in [1.54, 1.807) is 0 Å². The summed E-state index contributed by atoms with van der Waals surface area (Å²) in [4.78, 5) is 0. The second-order valence-corrected chi connectivity index (χ2v) is 9.65. The minimum absolute atomic E-state index is 0.120. The van der Waals surface area contributed by atoms with E-state index in [2.05, 4.69) is 46.6 Å². The van der Waals surface area contributed by atoms with Crippen LogP contribution in [-0.2, 0) is 12.6 Å². The Morgan fingerprint density at radius 3 is 2.62 bits per heavy atom. The lowest BCUT2D eigenvalue weighted by Gasteiger charge is -2.32. The maximum atomic E-state index is 13.0. The standard InChI is InChI=1S/C31H21F3N2O/c32-31(33,34)30-14-13-29(37-30)20-10-11-21-18(15-20)9-12-24-22-6-2-3-7-23(22)26(17-25(21)24)28-16-19-5-1-4-8-27(19)35-36-28/h1-2,4-6,8-16,26H,3,7,17H2. The van der Waals surface area contributed by atoms with Gasteiger partial charge in [-0.25, -0.2) is 0 Å². The highest BCUT2D eigenvalue weighted by atomic mass is 19.4. The van der Waals surface area contributed by atoms with Gasteiger partial charge in [-0.05, 0) is 77.1 Å². The van der Waals surface area contributed by atoms with E-state index < -0.39 is 11.9 Å². The van der Waals surface area contributed by atoms with Crippen molar-refractivity contribution in [3.05, 3.63) is 113 Å². The van der Waals surface area contributed by atoms with E-state index in [4.69, 9.17) is 4.42 Å². The lowest BCUT2D eigenvalue weighted by atomic mass is 9.72. The molecular weight excluding hydrogens is 473 g/mol. The van der Waals surface area contributed by atoms with Crippen molar-refractivity contribution in [1.82, 2.24) is 10.2 Å². The molecule has 182 valence electrons. The Hall–Kier alpha value is -4.19. The van der Waals surface area contributed by atoms with Crippen LogP contribution in [0.25, 0.3) is 38.6 Å². The van der Waals surface area contributed by atoms with Crippen molar-refractivity contribution >= 4 is 27.2 Å². The van der Waals surface area contributed by atoms with Crippen molar-refractivity contribution < 1.29 is 17.6 Å². The van der Waals surface area contributed by atoms with Gasteiger partial charge < -0.3 is 4.42 Å². The van der Waals surface area contributed by atoms with Crippen LogP contribution in [0.15, 0.2) is 94.9 Å². The average molecular weight is 495 g/mol. The number of hydrogen-bond donors (Lipinski definition) is 0. The number of aromatic nitrogens is 2. The molecule has 2 heterocycles. The highest BCUT2D eigenvalue weighted by Crippen LogP contribution is 2.46.